The number of guanidine groups is 1. The smallest absolute Gasteiger partial charge is 0.348 e. The summed E-state index contributed by atoms with van der Waals surface area (Å²) >= 11 is 1.78. The van der Waals surface area contributed by atoms with Crippen molar-refractivity contribution in [1.82, 2.24) is 4.90 Å². The Morgan fingerprint density at radius 2 is 2.11 bits per heavy atom. The standard InChI is InChI=1S/C13H18N4OS/c1-9-4-3-5-10(2)11(9)15-13(18)16-12(14)17-6-7-19-8-17/h3-5H,6-8H2,1-2H3,(H3,14,15,16,18). The fraction of sp³-hybridized carbons (Fsp3) is 0.385. The minimum Gasteiger partial charge on any atom is -0.369 e. The number of benzene rings is 1. The molecule has 19 heavy (non-hydrogen) atoms. The zero-order chi connectivity index (χ0) is 13.8. The average molecular weight is 278 g/mol. The maximum absolute atomic E-state index is 11.9. The van der Waals surface area contributed by atoms with E-state index in [4.69, 9.17) is 5.73 Å². The van der Waals surface area contributed by atoms with Crippen LogP contribution in [0.4, 0.5) is 10.5 Å². The zero-order valence-electron chi connectivity index (χ0n) is 11.1. The van der Waals surface area contributed by atoms with E-state index < -0.39 is 6.03 Å². The number of aliphatic imine (C=N–C) groups is 1. The third kappa shape index (κ3) is 3.41. The van der Waals surface area contributed by atoms with Gasteiger partial charge in [-0.15, -0.1) is 11.8 Å². The van der Waals surface area contributed by atoms with Gasteiger partial charge in [-0.1, -0.05) is 18.2 Å². The molecule has 1 aliphatic rings. The van der Waals surface area contributed by atoms with Crippen LogP contribution in [0.2, 0.25) is 0 Å². The van der Waals surface area contributed by atoms with Gasteiger partial charge < -0.3 is 16.0 Å². The van der Waals surface area contributed by atoms with E-state index in [9.17, 15) is 4.79 Å². The number of carbonyl (C=O) groups excluding carboxylic acids is 1. The van der Waals surface area contributed by atoms with Gasteiger partial charge in [0.2, 0.25) is 5.96 Å². The van der Waals surface area contributed by atoms with Crippen molar-refractivity contribution in [3.05, 3.63) is 29.3 Å². The molecule has 0 bridgehead atoms. The largest absolute Gasteiger partial charge is 0.369 e. The molecule has 1 aliphatic heterocycles. The summed E-state index contributed by atoms with van der Waals surface area (Å²) in [6.45, 7) is 4.75. The number of hydrogen-bond donors (Lipinski definition) is 2. The number of nitrogens with two attached hydrogens (primary N) is 1. The summed E-state index contributed by atoms with van der Waals surface area (Å²) in [6.07, 6.45) is 0. The zero-order valence-corrected chi connectivity index (χ0v) is 12.0. The van der Waals surface area contributed by atoms with Crippen LogP contribution >= 0.6 is 11.8 Å². The first-order chi connectivity index (χ1) is 9.08. The number of nitrogens with zero attached hydrogens (tertiary/aromatic N) is 2. The molecule has 1 saturated heterocycles. The number of rotatable bonds is 1. The van der Waals surface area contributed by atoms with E-state index in [0.717, 1.165) is 35.0 Å². The van der Waals surface area contributed by atoms with Gasteiger partial charge >= 0.3 is 6.03 Å². The van der Waals surface area contributed by atoms with Crippen molar-refractivity contribution < 1.29 is 4.79 Å². The van der Waals surface area contributed by atoms with Crippen LogP contribution in [0.15, 0.2) is 23.2 Å². The second kappa shape index (κ2) is 5.97. The Bertz CT molecular complexity index is 489. The van der Waals surface area contributed by atoms with Crippen LogP contribution in [0.1, 0.15) is 11.1 Å². The highest BCUT2D eigenvalue weighted by molar-refractivity contribution is 7.99. The van der Waals surface area contributed by atoms with Gasteiger partial charge in [-0.2, -0.15) is 4.99 Å². The third-order valence-corrected chi connectivity index (χ3v) is 3.97. The first-order valence-electron chi connectivity index (χ1n) is 6.12. The van der Waals surface area contributed by atoms with E-state index in [1.807, 2.05) is 36.9 Å². The number of nitrogens with one attached hydrogen (secondary N) is 1. The summed E-state index contributed by atoms with van der Waals surface area (Å²) in [5.41, 5.74) is 8.64. The van der Waals surface area contributed by atoms with Crippen molar-refractivity contribution in [2.75, 3.05) is 23.5 Å². The fourth-order valence-corrected chi connectivity index (χ4v) is 2.88. The number of hydrogen-bond acceptors (Lipinski definition) is 2. The minimum atomic E-state index is -0.424. The molecule has 0 unspecified atom stereocenters. The van der Waals surface area contributed by atoms with Crippen molar-refractivity contribution in [3.63, 3.8) is 0 Å². The number of aryl methyl sites for hydroxylation is 2. The van der Waals surface area contributed by atoms with Crippen LogP contribution in [0.3, 0.4) is 0 Å². The van der Waals surface area contributed by atoms with Gasteiger partial charge in [0.25, 0.3) is 0 Å². The summed E-state index contributed by atoms with van der Waals surface area (Å²) in [5.74, 6) is 2.11. The Balaban J connectivity index is 2.06. The van der Waals surface area contributed by atoms with Gasteiger partial charge in [-0.3, -0.25) is 0 Å². The van der Waals surface area contributed by atoms with Crippen LogP contribution in [0, 0.1) is 13.8 Å². The van der Waals surface area contributed by atoms with Crippen LogP contribution in [-0.4, -0.2) is 35.1 Å². The molecule has 2 amide bonds. The van der Waals surface area contributed by atoms with Crippen molar-refractivity contribution in [3.8, 4) is 0 Å². The Morgan fingerprint density at radius 3 is 2.68 bits per heavy atom. The van der Waals surface area contributed by atoms with Gasteiger partial charge in [0.1, 0.15) is 0 Å². The van der Waals surface area contributed by atoms with E-state index in [1.165, 1.54) is 0 Å². The van der Waals surface area contributed by atoms with E-state index >= 15 is 0 Å². The summed E-state index contributed by atoms with van der Waals surface area (Å²) in [5, 5.41) is 2.79. The molecule has 102 valence electrons. The molecule has 1 fully saturated rings. The second-order valence-corrected chi connectivity index (χ2v) is 5.54. The third-order valence-electron chi connectivity index (χ3n) is 3.01. The van der Waals surface area contributed by atoms with Crippen molar-refractivity contribution in [2.45, 2.75) is 13.8 Å². The molecular weight excluding hydrogens is 260 g/mol. The topological polar surface area (TPSA) is 70.7 Å². The first kappa shape index (κ1) is 13.7. The van der Waals surface area contributed by atoms with Crippen LogP contribution in [0.5, 0.6) is 0 Å². The highest BCUT2D eigenvalue weighted by Crippen LogP contribution is 2.19. The van der Waals surface area contributed by atoms with E-state index in [-0.39, 0.29) is 5.96 Å². The Labute approximate surface area is 117 Å². The lowest BCUT2D eigenvalue weighted by Gasteiger charge is -2.15. The number of anilines is 1. The molecule has 5 nitrogen and oxygen atoms in total. The predicted molar refractivity (Wildman–Crippen MR) is 80.6 cm³/mol. The minimum absolute atomic E-state index is 0.286. The van der Waals surface area contributed by atoms with E-state index in [0.29, 0.717) is 0 Å². The van der Waals surface area contributed by atoms with Crippen LogP contribution in [0.25, 0.3) is 0 Å². The highest BCUT2D eigenvalue weighted by Gasteiger charge is 2.15. The lowest BCUT2D eigenvalue weighted by atomic mass is 10.1. The number of urea groups is 1. The summed E-state index contributed by atoms with van der Waals surface area (Å²) < 4.78 is 0. The van der Waals surface area contributed by atoms with Gasteiger partial charge in [0.15, 0.2) is 0 Å². The molecule has 1 aromatic rings. The van der Waals surface area contributed by atoms with Gasteiger partial charge in [-0.05, 0) is 25.0 Å². The molecule has 0 saturated carbocycles. The molecule has 0 atom stereocenters. The normalized spacial score (nSPS) is 15.7. The predicted octanol–water partition coefficient (Wildman–Crippen LogP) is 2.16. The highest BCUT2D eigenvalue weighted by atomic mass is 32.2. The molecule has 6 heteroatoms. The quantitative estimate of drug-likeness (QED) is 0.610. The van der Waals surface area contributed by atoms with Crippen molar-refractivity contribution >= 4 is 29.4 Å². The monoisotopic (exact) mass is 278 g/mol. The molecular formula is C13H18N4OS. The van der Waals surface area contributed by atoms with Crippen LogP contribution in [-0.2, 0) is 0 Å². The molecule has 0 aliphatic carbocycles. The fourth-order valence-electron chi connectivity index (χ4n) is 1.92. The van der Waals surface area contributed by atoms with Crippen LogP contribution < -0.4 is 11.1 Å². The number of carbonyl (C=O) groups is 1. The van der Waals surface area contributed by atoms with E-state index in [1.54, 1.807) is 11.8 Å². The summed E-state index contributed by atoms with van der Waals surface area (Å²) in [6, 6.07) is 5.44. The molecule has 1 heterocycles. The summed E-state index contributed by atoms with van der Waals surface area (Å²) in [7, 11) is 0. The lowest BCUT2D eigenvalue weighted by Crippen LogP contribution is -2.36. The molecule has 0 radical (unpaired) electrons. The second-order valence-electron chi connectivity index (χ2n) is 4.47. The van der Waals surface area contributed by atoms with Gasteiger partial charge in [-0.25, -0.2) is 4.79 Å². The van der Waals surface area contributed by atoms with Gasteiger partial charge in [0, 0.05) is 18.0 Å². The first-order valence-corrected chi connectivity index (χ1v) is 7.27. The Hall–Kier alpha value is -1.69. The maximum atomic E-state index is 11.9. The van der Waals surface area contributed by atoms with Gasteiger partial charge in [0.05, 0.1) is 5.88 Å². The lowest BCUT2D eigenvalue weighted by molar-refractivity contribution is 0.259. The number of thioether (sulfide) groups is 1. The molecule has 1 aromatic carbocycles. The molecule has 0 spiro atoms. The Morgan fingerprint density at radius 1 is 1.42 bits per heavy atom. The van der Waals surface area contributed by atoms with Crippen molar-refractivity contribution in [2.24, 2.45) is 10.7 Å². The number of para-hydroxylation sites is 1. The molecule has 2 rings (SSSR count). The van der Waals surface area contributed by atoms with Crippen molar-refractivity contribution in [1.29, 1.82) is 0 Å². The van der Waals surface area contributed by atoms with E-state index in [2.05, 4.69) is 10.3 Å². The SMILES string of the molecule is Cc1cccc(C)c1NC(=O)N=C(N)N1CCSC1. The molecule has 3 N–H and O–H groups in total. The maximum Gasteiger partial charge on any atom is 0.348 e. The summed E-state index contributed by atoms with van der Waals surface area (Å²) in [4.78, 5) is 17.7. The number of amides is 2. The Kier molecular flexibility index (Phi) is 4.31. The average Bonchev–Trinajstić information content (AvgIpc) is 2.88. The molecule has 0 aromatic heterocycles.